The van der Waals surface area contributed by atoms with Gasteiger partial charge in [-0.1, -0.05) is 24.3 Å². The summed E-state index contributed by atoms with van der Waals surface area (Å²) in [6.07, 6.45) is 0.421. The third kappa shape index (κ3) is 3.79. The fraction of sp³-hybridized carbons (Fsp3) is 0.357. The van der Waals surface area contributed by atoms with Crippen LogP contribution in [0.4, 0.5) is 0 Å². The number of hydrogen-bond donors (Lipinski definition) is 3. The quantitative estimate of drug-likeness (QED) is 0.688. The first-order valence-electron chi connectivity index (χ1n) is 6.50. The van der Waals surface area contributed by atoms with E-state index in [-0.39, 0.29) is 0 Å². The van der Waals surface area contributed by atoms with Gasteiger partial charge in [-0.25, -0.2) is 0 Å². The first-order chi connectivity index (χ1) is 9.97. The molecule has 112 valence electrons. The standard InChI is InChI=1S/C14H16N2O5/c17-12(18)7-16(8-13(19)20)14(21)11-5-9-3-1-2-4-10(9)6-15-11/h1-4,11,15H,5-8H2,(H,17,18)(H,19,20). The zero-order chi connectivity index (χ0) is 15.4. The molecule has 1 heterocycles. The summed E-state index contributed by atoms with van der Waals surface area (Å²) < 4.78 is 0. The number of carbonyl (C=O) groups is 3. The van der Waals surface area contributed by atoms with Crippen LogP contribution in [0.5, 0.6) is 0 Å². The lowest BCUT2D eigenvalue weighted by molar-refractivity contribution is -0.150. The lowest BCUT2D eigenvalue weighted by Crippen LogP contribution is -2.52. The summed E-state index contributed by atoms with van der Waals surface area (Å²) in [5.41, 5.74) is 2.10. The van der Waals surface area contributed by atoms with E-state index in [1.807, 2.05) is 24.3 Å². The third-order valence-corrected chi connectivity index (χ3v) is 3.34. The zero-order valence-electron chi connectivity index (χ0n) is 11.3. The van der Waals surface area contributed by atoms with Crippen LogP contribution >= 0.6 is 0 Å². The Morgan fingerprint density at radius 1 is 1.10 bits per heavy atom. The van der Waals surface area contributed by atoms with Crippen LogP contribution in [0, 0.1) is 0 Å². The Kier molecular flexibility index (Phi) is 4.54. The molecule has 2 rings (SSSR count). The molecule has 0 radical (unpaired) electrons. The van der Waals surface area contributed by atoms with E-state index in [2.05, 4.69) is 5.32 Å². The smallest absolute Gasteiger partial charge is 0.323 e. The first kappa shape index (κ1) is 15.0. The summed E-state index contributed by atoms with van der Waals surface area (Å²) in [5, 5.41) is 20.6. The van der Waals surface area contributed by atoms with Gasteiger partial charge in [-0.15, -0.1) is 0 Å². The number of nitrogens with zero attached hydrogens (tertiary/aromatic N) is 1. The average molecular weight is 292 g/mol. The molecule has 0 bridgehead atoms. The topological polar surface area (TPSA) is 107 Å². The maximum Gasteiger partial charge on any atom is 0.323 e. The van der Waals surface area contributed by atoms with Gasteiger partial charge in [-0.2, -0.15) is 0 Å². The second-order valence-electron chi connectivity index (χ2n) is 4.89. The lowest BCUT2D eigenvalue weighted by Gasteiger charge is -2.29. The molecule has 1 aliphatic heterocycles. The van der Waals surface area contributed by atoms with Crippen LogP contribution in [0.25, 0.3) is 0 Å². The summed E-state index contributed by atoms with van der Waals surface area (Å²) in [5.74, 6) is -2.98. The predicted molar refractivity (Wildman–Crippen MR) is 72.6 cm³/mol. The predicted octanol–water partition coefficient (Wildman–Crippen LogP) is -0.301. The van der Waals surface area contributed by atoms with Crippen molar-refractivity contribution in [3.63, 3.8) is 0 Å². The molecule has 0 aromatic heterocycles. The van der Waals surface area contributed by atoms with E-state index in [9.17, 15) is 14.4 Å². The molecule has 0 fully saturated rings. The highest BCUT2D eigenvalue weighted by Gasteiger charge is 2.29. The van der Waals surface area contributed by atoms with Gasteiger partial charge in [0.25, 0.3) is 0 Å². The number of carbonyl (C=O) groups excluding carboxylic acids is 1. The molecule has 1 aliphatic rings. The van der Waals surface area contributed by atoms with E-state index < -0.39 is 37.0 Å². The van der Waals surface area contributed by atoms with Crippen molar-refractivity contribution in [3.05, 3.63) is 35.4 Å². The molecule has 0 saturated heterocycles. The summed E-state index contributed by atoms with van der Waals surface area (Å²) in [6.45, 7) is -0.740. The Bertz CT molecular complexity index is 556. The molecule has 0 spiro atoms. The number of rotatable bonds is 5. The number of fused-ring (bicyclic) bond motifs is 1. The Morgan fingerprint density at radius 2 is 1.67 bits per heavy atom. The van der Waals surface area contributed by atoms with Crippen molar-refractivity contribution in [2.24, 2.45) is 0 Å². The van der Waals surface area contributed by atoms with Crippen LogP contribution in [0.15, 0.2) is 24.3 Å². The van der Waals surface area contributed by atoms with Gasteiger partial charge in [-0.3, -0.25) is 14.4 Å². The van der Waals surface area contributed by atoms with E-state index in [1.165, 1.54) is 0 Å². The van der Waals surface area contributed by atoms with Crippen molar-refractivity contribution in [3.8, 4) is 0 Å². The molecule has 3 N–H and O–H groups in total. The van der Waals surface area contributed by atoms with Gasteiger partial charge >= 0.3 is 11.9 Å². The fourth-order valence-electron chi connectivity index (χ4n) is 2.39. The monoisotopic (exact) mass is 292 g/mol. The van der Waals surface area contributed by atoms with Gasteiger partial charge < -0.3 is 20.4 Å². The highest BCUT2D eigenvalue weighted by atomic mass is 16.4. The van der Waals surface area contributed by atoms with Crippen molar-refractivity contribution >= 4 is 17.8 Å². The zero-order valence-corrected chi connectivity index (χ0v) is 11.3. The first-order valence-corrected chi connectivity index (χ1v) is 6.50. The lowest BCUT2D eigenvalue weighted by atomic mass is 9.95. The number of nitrogens with one attached hydrogen (secondary N) is 1. The van der Waals surface area contributed by atoms with Crippen LogP contribution in [0.2, 0.25) is 0 Å². The Balaban J connectivity index is 2.11. The van der Waals surface area contributed by atoms with Gasteiger partial charge in [0.1, 0.15) is 13.1 Å². The average Bonchev–Trinajstić information content (AvgIpc) is 2.44. The molecular weight excluding hydrogens is 276 g/mol. The minimum absolute atomic E-state index is 0.421. The molecule has 7 heteroatoms. The summed E-state index contributed by atoms with van der Waals surface area (Å²) >= 11 is 0. The Morgan fingerprint density at radius 3 is 2.24 bits per heavy atom. The second kappa shape index (κ2) is 6.36. The van der Waals surface area contributed by atoms with Crippen molar-refractivity contribution in [2.75, 3.05) is 13.1 Å². The maximum atomic E-state index is 12.3. The molecule has 7 nitrogen and oxygen atoms in total. The SMILES string of the molecule is O=C(O)CN(CC(=O)O)C(=O)C1Cc2ccccc2CN1. The molecular formula is C14H16N2O5. The van der Waals surface area contributed by atoms with Crippen LogP contribution in [0.3, 0.4) is 0 Å². The molecule has 0 saturated carbocycles. The molecule has 1 aromatic rings. The van der Waals surface area contributed by atoms with Crippen molar-refractivity contribution in [1.29, 1.82) is 0 Å². The molecule has 1 unspecified atom stereocenters. The fourth-order valence-corrected chi connectivity index (χ4v) is 2.39. The minimum Gasteiger partial charge on any atom is -0.480 e. The molecule has 21 heavy (non-hydrogen) atoms. The van der Waals surface area contributed by atoms with Crippen molar-refractivity contribution in [1.82, 2.24) is 10.2 Å². The number of carboxylic acids is 2. The van der Waals surface area contributed by atoms with Crippen molar-refractivity contribution in [2.45, 2.75) is 19.0 Å². The third-order valence-electron chi connectivity index (χ3n) is 3.34. The van der Waals surface area contributed by atoms with E-state index in [0.717, 1.165) is 16.0 Å². The number of benzene rings is 1. The summed E-state index contributed by atoms with van der Waals surface area (Å²) in [7, 11) is 0. The van der Waals surface area contributed by atoms with Gasteiger partial charge in [0.05, 0.1) is 6.04 Å². The van der Waals surface area contributed by atoms with Crippen LogP contribution in [-0.2, 0) is 27.3 Å². The number of hydrogen-bond acceptors (Lipinski definition) is 4. The van der Waals surface area contributed by atoms with Gasteiger partial charge in [-0.05, 0) is 17.5 Å². The van der Waals surface area contributed by atoms with E-state index in [4.69, 9.17) is 10.2 Å². The van der Waals surface area contributed by atoms with Crippen LogP contribution in [0.1, 0.15) is 11.1 Å². The van der Waals surface area contributed by atoms with Gasteiger partial charge in [0.2, 0.25) is 5.91 Å². The highest BCUT2D eigenvalue weighted by Crippen LogP contribution is 2.17. The largest absolute Gasteiger partial charge is 0.480 e. The number of amides is 1. The Hall–Kier alpha value is -2.41. The van der Waals surface area contributed by atoms with Gasteiger partial charge in [0, 0.05) is 6.54 Å². The molecule has 0 aliphatic carbocycles. The highest BCUT2D eigenvalue weighted by molar-refractivity contribution is 5.88. The van der Waals surface area contributed by atoms with Crippen LogP contribution in [-0.4, -0.2) is 52.1 Å². The van der Waals surface area contributed by atoms with Crippen LogP contribution < -0.4 is 5.32 Å². The maximum absolute atomic E-state index is 12.3. The summed E-state index contributed by atoms with van der Waals surface area (Å²) in [4.78, 5) is 34.7. The minimum atomic E-state index is -1.24. The van der Waals surface area contributed by atoms with E-state index >= 15 is 0 Å². The number of aliphatic carboxylic acids is 2. The van der Waals surface area contributed by atoms with Gasteiger partial charge in [0.15, 0.2) is 0 Å². The molecule has 1 atom stereocenters. The van der Waals surface area contributed by atoms with E-state index in [0.29, 0.717) is 13.0 Å². The van der Waals surface area contributed by atoms with Crippen molar-refractivity contribution < 1.29 is 24.6 Å². The summed E-state index contributed by atoms with van der Waals surface area (Å²) in [6, 6.07) is 7.05. The second-order valence-corrected chi connectivity index (χ2v) is 4.89. The normalized spacial score (nSPS) is 16.9. The molecule has 1 aromatic carbocycles. The molecule has 1 amide bonds. The van der Waals surface area contributed by atoms with E-state index in [1.54, 1.807) is 0 Å². The number of carboxylic acid groups (broad SMARTS) is 2. The Labute approximate surface area is 121 Å².